The van der Waals surface area contributed by atoms with Crippen LogP contribution >= 0.6 is 23.2 Å². The highest BCUT2D eigenvalue weighted by Gasteiger charge is 2.18. The SMILES string of the molecule is CNc1cc(Cl)c(Cc2ccc(O)c(C(C)C)c2F)c(Cl)c1. The minimum absolute atomic E-state index is 0.0287. The number of benzene rings is 2. The maximum absolute atomic E-state index is 14.6. The van der Waals surface area contributed by atoms with Crippen molar-refractivity contribution in [1.82, 2.24) is 0 Å². The van der Waals surface area contributed by atoms with Gasteiger partial charge in [0, 0.05) is 34.8 Å². The van der Waals surface area contributed by atoms with Gasteiger partial charge < -0.3 is 10.4 Å². The Kier molecular flexibility index (Phi) is 5.20. The molecule has 2 N–H and O–H groups in total. The Bertz CT molecular complexity index is 678. The van der Waals surface area contributed by atoms with Crippen LogP contribution in [-0.2, 0) is 6.42 Å². The molecule has 5 heteroatoms. The lowest BCUT2D eigenvalue weighted by atomic mass is 9.95. The fraction of sp³-hybridized carbons (Fsp3) is 0.294. The molecule has 0 saturated carbocycles. The standard InChI is InChI=1S/C17H18Cl2FNO/c1-9(2)16-15(22)5-4-10(17(16)20)6-12-13(18)7-11(21-3)8-14(12)19/h4-5,7-9,21-22H,6H2,1-3H3. The molecule has 0 spiro atoms. The van der Waals surface area contributed by atoms with Crippen molar-refractivity contribution in [2.24, 2.45) is 0 Å². The molecule has 2 aromatic carbocycles. The van der Waals surface area contributed by atoms with E-state index >= 15 is 0 Å². The average molecular weight is 342 g/mol. The van der Waals surface area contributed by atoms with Gasteiger partial charge in [-0.25, -0.2) is 4.39 Å². The van der Waals surface area contributed by atoms with Gasteiger partial charge in [0.2, 0.25) is 0 Å². The van der Waals surface area contributed by atoms with Gasteiger partial charge in [-0.3, -0.25) is 0 Å². The average Bonchev–Trinajstić information content (AvgIpc) is 2.44. The molecule has 0 aliphatic carbocycles. The second kappa shape index (κ2) is 6.76. The second-order valence-corrected chi connectivity index (χ2v) is 6.29. The van der Waals surface area contributed by atoms with Crippen LogP contribution in [0.3, 0.4) is 0 Å². The topological polar surface area (TPSA) is 32.3 Å². The van der Waals surface area contributed by atoms with E-state index in [1.54, 1.807) is 25.2 Å². The van der Waals surface area contributed by atoms with E-state index in [0.29, 0.717) is 26.7 Å². The lowest BCUT2D eigenvalue weighted by molar-refractivity contribution is 0.452. The molecule has 0 unspecified atom stereocenters. The zero-order valence-corrected chi connectivity index (χ0v) is 14.2. The number of anilines is 1. The van der Waals surface area contributed by atoms with Gasteiger partial charge in [0.05, 0.1) is 0 Å². The Morgan fingerprint density at radius 3 is 2.27 bits per heavy atom. The molecular formula is C17H18Cl2FNO. The molecule has 0 aliphatic heterocycles. The fourth-order valence-electron chi connectivity index (χ4n) is 2.42. The van der Waals surface area contributed by atoms with Crippen molar-refractivity contribution in [2.45, 2.75) is 26.2 Å². The molecule has 0 radical (unpaired) electrons. The smallest absolute Gasteiger partial charge is 0.133 e. The summed E-state index contributed by atoms with van der Waals surface area (Å²) in [6, 6.07) is 6.58. The second-order valence-electron chi connectivity index (χ2n) is 5.47. The number of phenolic OH excluding ortho intramolecular Hbond substituents is 1. The maximum Gasteiger partial charge on any atom is 0.133 e. The predicted octanol–water partition coefficient (Wildman–Crippen LogP) is 5.59. The van der Waals surface area contributed by atoms with Gasteiger partial charge >= 0.3 is 0 Å². The summed E-state index contributed by atoms with van der Waals surface area (Å²) in [7, 11) is 1.77. The molecule has 118 valence electrons. The summed E-state index contributed by atoms with van der Waals surface area (Å²) in [6.45, 7) is 3.67. The number of hydrogen-bond donors (Lipinski definition) is 2. The highest BCUT2D eigenvalue weighted by Crippen LogP contribution is 2.35. The molecule has 2 aromatic rings. The molecule has 0 heterocycles. The highest BCUT2D eigenvalue weighted by atomic mass is 35.5. The zero-order valence-electron chi connectivity index (χ0n) is 12.7. The van der Waals surface area contributed by atoms with E-state index in [9.17, 15) is 9.50 Å². The van der Waals surface area contributed by atoms with Crippen molar-refractivity contribution in [3.63, 3.8) is 0 Å². The van der Waals surface area contributed by atoms with Gasteiger partial charge in [0.25, 0.3) is 0 Å². The summed E-state index contributed by atoms with van der Waals surface area (Å²) in [4.78, 5) is 0. The van der Waals surface area contributed by atoms with E-state index in [4.69, 9.17) is 23.2 Å². The Balaban J connectivity index is 2.46. The first-order valence-electron chi connectivity index (χ1n) is 7.01. The number of rotatable bonds is 4. The Hall–Kier alpha value is -1.45. The molecule has 0 aromatic heterocycles. The summed E-state index contributed by atoms with van der Waals surface area (Å²) < 4.78 is 14.6. The van der Waals surface area contributed by atoms with Crippen LogP contribution in [0, 0.1) is 5.82 Å². The summed E-state index contributed by atoms with van der Waals surface area (Å²) >= 11 is 12.5. The van der Waals surface area contributed by atoms with E-state index < -0.39 is 5.82 Å². The highest BCUT2D eigenvalue weighted by molar-refractivity contribution is 6.36. The molecule has 0 aliphatic rings. The summed E-state index contributed by atoms with van der Waals surface area (Å²) in [5.41, 5.74) is 2.24. The van der Waals surface area contributed by atoms with Crippen LogP contribution in [0.2, 0.25) is 10.0 Å². The molecule has 0 atom stereocenters. The van der Waals surface area contributed by atoms with E-state index in [1.165, 1.54) is 6.07 Å². The molecule has 0 amide bonds. The molecule has 22 heavy (non-hydrogen) atoms. The number of hydrogen-bond acceptors (Lipinski definition) is 2. The first-order chi connectivity index (χ1) is 10.3. The molecule has 0 fully saturated rings. The quantitative estimate of drug-likeness (QED) is 0.759. The third-order valence-electron chi connectivity index (χ3n) is 3.61. The van der Waals surface area contributed by atoms with Crippen LogP contribution in [0.15, 0.2) is 24.3 Å². The molecule has 2 nitrogen and oxygen atoms in total. The van der Waals surface area contributed by atoms with Gasteiger partial charge in [-0.1, -0.05) is 43.1 Å². The van der Waals surface area contributed by atoms with Gasteiger partial charge in [0.1, 0.15) is 11.6 Å². The lowest BCUT2D eigenvalue weighted by Crippen LogP contribution is -2.01. The third-order valence-corrected chi connectivity index (χ3v) is 4.29. The van der Waals surface area contributed by atoms with Gasteiger partial charge in [-0.15, -0.1) is 0 Å². The summed E-state index contributed by atoms with van der Waals surface area (Å²) in [5, 5.41) is 13.8. The van der Waals surface area contributed by atoms with E-state index in [-0.39, 0.29) is 18.1 Å². The Labute approximate surface area is 139 Å². The van der Waals surface area contributed by atoms with Crippen molar-refractivity contribution in [3.05, 3.63) is 56.8 Å². The number of aromatic hydroxyl groups is 1. The van der Waals surface area contributed by atoms with Crippen LogP contribution in [0.4, 0.5) is 10.1 Å². The first kappa shape index (κ1) is 16.9. The van der Waals surface area contributed by atoms with Crippen molar-refractivity contribution < 1.29 is 9.50 Å². The molecule has 0 bridgehead atoms. The number of nitrogens with one attached hydrogen (secondary N) is 1. The zero-order chi connectivity index (χ0) is 16.4. The first-order valence-corrected chi connectivity index (χ1v) is 7.76. The normalized spacial score (nSPS) is 11.0. The van der Waals surface area contributed by atoms with Crippen LogP contribution in [-0.4, -0.2) is 12.2 Å². The number of phenols is 1. The van der Waals surface area contributed by atoms with Gasteiger partial charge in [-0.2, -0.15) is 0 Å². The summed E-state index contributed by atoms with van der Waals surface area (Å²) in [6.07, 6.45) is 0.271. The van der Waals surface area contributed by atoms with Crippen molar-refractivity contribution in [1.29, 1.82) is 0 Å². The Morgan fingerprint density at radius 2 is 1.77 bits per heavy atom. The summed E-state index contributed by atoms with van der Waals surface area (Å²) in [5.74, 6) is -0.545. The van der Waals surface area contributed by atoms with Crippen LogP contribution in [0.1, 0.15) is 36.5 Å². The number of halogens is 3. The van der Waals surface area contributed by atoms with Crippen molar-refractivity contribution in [2.75, 3.05) is 12.4 Å². The van der Waals surface area contributed by atoms with Gasteiger partial charge in [0.15, 0.2) is 0 Å². The third kappa shape index (κ3) is 3.31. The van der Waals surface area contributed by atoms with Crippen LogP contribution in [0.25, 0.3) is 0 Å². The minimum Gasteiger partial charge on any atom is -0.508 e. The van der Waals surface area contributed by atoms with Crippen molar-refractivity contribution >= 4 is 28.9 Å². The monoisotopic (exact) mass is 341 g/mol. The predicted molar refractivity (Wildman–Crippen MR) is 91.0 cm³/mol. The largest absolute Gasteiger partial charge is 0.508 e. The maximum atomic E-state index is 14.6. The fourth-order valence-corrected chi connectivity index (χ4v) is 3.04. The Morgan fingerprint density at radius 1 is 1.18 bits per heavy atom. The van der Waals surface area contributed by atoms with E-state index in [1.807, 2.05) is 13.8 Å². The minimum atomic E-state index is -0.403. The van der Waals surface area contributed by atoms with Crippen molar-refractivity contribution in [3.8, 4) is 5.75 Å². The molecular weight excluding hydrogens is 324 g/mol. The van der Waals surface area contributed by atoms with Crippen LogP contribution in [0.5, 0.6) is 5.75 Å². The van der Waals surface area contributed by atoms with E-state index in [0.717, 1.165) is 5.69 Å². The lowest BCUT2D eigenvalue weighted by Gasteiger charge is -2.15. The van der Waals surface area contributed by atoms with Crippen LogP contribution < -0.4 is 5.32 Å². The van der Waals surface area contributed by atoms with E-state index in [2.05, 4.69) is 5.32 Å². The van der Waals surface area contributed by atoms with Gasteiger partial charge in [-0.05, 0) is 35.2 Å². The molecule has 2 rings (SSSR count). The molecule has 0 saturated heterocycles.